The standard InChI is InChI=1S/C11H20N2/c1-2-9(1)7-12-11-8-13-5-3-10(11)4-6-13/h9-12H,1-8H2. The normalized spacial score (nSPS) is 43.8. The zero-order valence-corrected chi connectivity index (χ0v) is 8.34. The maximum Gasteiger partial charge on any atom is 0.0224 e. The highest BCUT2D eigenvalue weighted by Gasteiger charge is 2.34. The molecule has 1 atom stereocenters. The van der Waals surface area contributed by atoms with E-state index < -0.39 is 0 Å². The first-order valence-corrected chi connectivity index (χ1v) is 5.87. The van der Waals surface area contributed by atoms with Gasteiger partial charge in [-0.25, -0.2) is 0 Å². The molecule has 0 spiro atoms. The summed E-state index contributed by atoms with van der Waals surface area (Å²) >= 11 is 0. The summed E-state index contributed by atoms with van der Waals surface area (Å²) in [6, 6.07) is 0.836. The molecule has 4 rings (SSSR count). The van der Waals surface area contributed by atoms with Crippen LogP contribution in [0.5, 0.6) is 0 Å². The van der Waals surface area contributed by atoms with Gasteiger partial charge in [-0.3, -0.25) is 0 Å². The van der Waals surface area contributed by atoms with Crippen LogP contribution in [0.4, 0.5) is 0 Å². The Morgan fingerprint density at radius 2 is 1.85 bits per heavy atom. The molecule has 3 saturated heterocycles. The van der Waals surface area contributed by atoms with Crippen LogP contribution in [0.2, 0.25) is 0 Å². The molecule has 0 aromatic heterocycles. The molecular formula is C11H20N2. The van der Waals surface area contributed by atoms with Crippen LogP contribution in [-0.2, 0) is 0 Å². The summed E-state index contributed by atoms with van der Waals surface area (Å²) in [5, 5.41) is 3.77. The minimum atomic E-state index is 0.836. The van der Waals surface area contributed by atoms with Crippen molar-refractivity contribution in [2.75, 3.05) is 26.2 Å². The van der Waals surface area contributed by atoms with E-state index in [1.807, 2.05) is 0 Å². The third-order valence-corrected chi connectivity index (χ3v) is 4.02. The number of rotatable bonds is 3. The lowest BCUT2D eigenvalue weighted by Gasteiger charge is -2.45. The van der Waals surface area contributed by atoms with Gasteiger partial charge in [-0.1, -0.05) is 0 Å². The van der Waals surface area contributed by atoms with Gasteiger partial charge in [0.2, 0.25) is 0 Å². The fraction of sp³-hybridized carbons (Fsp3) is 1.00. The largest absolute Gasteiger partial charge is 0.312 e. The SMILES string of the molecule is C1CC1CNC1CN2CCC1CC2. The number of hydrogen-bond donors (Lipinski definition) is 1. The zero-order chi connectivity index (χ0) is 8.67. The van der Waals surface area contributed by atoms with Gasteiger partial charge < -0.3 is 10.2 Å². The van der Waals surface area contributed by atoms with Gasteiger partial charge in [0.25, 0.3) is 0 Å². The van der Waals surface area contributed by atoms with Crippen molar-refractivity contribution >= 4 is 0 Å². The summed E-state index contributed by atoms with van der Waals surface area (Å²) in [6.45, 7) is 5.37. The van der Waals surface area contributed by atoms with Crippen LogP contribution in [0, 0.1) is 11.8 Å². The highest BCUT2D eigenvalue weighted by Crippen LogP contribution is 2.30. The van der Waals surface area contributed by atoms with Gasteiger partial charge in [0.15, 0.2) is 0 Å². The lowest BCUT2D eigenvalue weighted by Crippen LogP contribution is -2.56. The summed E-state index contributed by atoms with van der Waals surface area (Å²) < 4.78 is 0. The van der Waals surface area contributed by atoms with Crippen molar-refractivity contribution in [1.82, 2.24) is 10.2 Å². The topological polar surface area (TPSA) is 15.3 Å². The molecule has 0 amide bonds. The first-order valence-electron chi connectivity index (χ1n) is 5.87. The van der Waals surface area contributed by atoms with Crippen LogP contribution in [-0.4, -0.2) is 37.1 Å². The molecule has 1 unspecified atom stereocenters. The second kappa shape index (κ2) is 3.25. The molecule has 0 radical (unpaired) electrons. The molecule has 1 saturated carbocycles. The van der Waals surface area contributed by atoms with Gasteiger partial charge in [0.1, 0.15) is 0 Å². The van der Waals surface area contributed by atoms with Crippen molar-refractivity contribution in [1.29, 1.82) is 0 Å². The Kier molecular flexibility index (Phi) is 2.06. The van der Waals surface area contributed by atoms with Gasteiger partial charge in [-0.15, -0.1) is 0 Å². The lowest BCUT2D eigenvalue weighted by molar-refractivity contribution is 0.0723. The molecule has 2 heteroatoms. The number of nitrogens with zero attached hydrogens (tertiary/aromatic N) is 1. The minimum Gasteiger partial charge on any atom is -0.312 e. The molecule has 13 heavy (non-hydrogen) atoms. The summed E-state index contributed by atoms with van der Waals surface area (Å²) in [6.07, 6.45) is 5.85. The molecule has 1 aliphatic carbocycles. The molecule has 2 bridgehead atoms. The van der Waals surface area contributed by atoms with Crippen LogP contribution in [0.15, 0.2) is 0 Å². The Morgan fingerprint density at radius 1 is 1.08 bits per heavy atom. The maximum atomic E-state index is 3.77. The van der Waals surface area contributed by atoms with Gasteiger partial charge in [-0.2, -0.15) is 0 Å². The minimum absolute atomic E-state index is 0.836. The van der Waals surface area contributed by atoms with Gasteiger partial charge in [0, 0.05) is 12.6 Å². The van der Waals surface area contributed by atoms with E-state index in [9.17, 15) is 0 Å². The smallest absolute Gasteiger partial charge is 0.0224 e. The van der Waals surface area contributed by atoms with E-state index in [1.165, 1.54) is 51.9 Å². The first-order chi connectivity index (χ1) is 6.42. The van der Waals surface area contributed by atoms with Crippen molar-refractivity contribution in [3.05, 3.63) is 0 Å². The predicted molar refractivity (Wildman–Crippen MR) is 53.7 cm³/mol. The lowest BCUT2D eigenvalue weighted by atomic mass is 9.84. The van der Waals surface area contributed by atoms with Crippen LogP contribution < -0.4 is 5.32 Å². The molecule has 4 aliphatic rings. The maximum absolute atomic E-state index is 3.77. The Labute approximate surface area is 80.7 Å². The zero-order valence-electron chi connectivity index (χ0n) is 8.34. The predicted octanol–water partition coefficient (Wildman–Crippen LogP) is 1.08. The molecule has 0 aromatic rings. The number of fused-ring (bicyclic) bond motifs is 3. The highest BCUT2D eigenvalue weighted by atomic mass is 15.2. The Bertz CT molecular complexity index is 181. The van der Waals surface area contributed by atoms with Crippen molar-refractivity contribution in [3.8, 4) is 0 Å². The Balaban J connectivity index is 1.52. The quantitative estimate of drug-likeness (QED) is 0.699. The molecular weight excluding hydrogens is 160 g/mol. The molecule has 1 N–H and O–H groups in total. The van der Waals surface area contributed by atoms with Crippen LogP contribution in [0.1, 0.15) is 25.7 Å². The van der Waals surface area contributed by atoms with Crippen LogP contribution in [0.3, 0.4) is 0 Å². The first kappa shape index (κ1) is 8.25. The second-order valence-corrected chi connectivity index (χ2v) is 5.10. The van der Waals surface area contributed by atoms with E-state index in [0.29, 0.717) is 0 Å². The highest BCUT2D eigenvalue weighted by molar-refractivity contribution is 4.91. The second-order valence-electron chi connectivity index (χ2n) is 5.10. The van der Waals surface area contributed by atoms with Crippen LogP contribution >= 0.6 is 0 Å². The van der Waals surface area contributed by atoms with Crippen molar-refractivity contribution < 1.29 is 0 Å². The molecule has 3 heterocycles. The summed E-state index contributed by atoms with van der Waals surface area (Å²) in [4.78, 5) is 2.63. The monoisotopic (exact) mass is 180 g/mol. The average Bonchev–Trinajstić information content (AvgIpc) is 3.00. The van der Waals surface area contributed by atoms with E-state index in [0.717, 1.165) is 17.9 Å². The Morgan fingerprint density at radius 3 is 2.38 bits per heavy atom. The van der Waals surface area contributed by atoms with Crippen LogP contribution in [0.25, 0.3) is 0 Å². The van der Waals surface area contributed by atoms with Crippen molar-refractivity contribution in [2.45, 2.75) is 31.7 Å². The molecule has 74 valence electrons. The van der Waals surface area contributed by atoms with Gasteiger partial charge in [0.05, 0.1) is 0 Å². The van der Waals surface area contributed by atoms with E-state index in [1.54, 1.807) is 0 Å². The third-order valence-electron chi connectivity index (χ3n) is 4.02. The third kappa shape index (κ3) is 1.75. The molecule has 0 aromatic carbocycles. The Hall–Kier alpha value is -0.0800. The van der Waals surface area contributed by atoms with Gasteiger partial charge >= 0.3 is 0 Å². The average molecular weight is 180 g/mol. The van der Waals surface area contributed by atoms with E-state index in [-0.39, 0.29) is 0 Å². The molecule has 3 aliphatic heterocycles. The van der Waals surface area contributed by atoms with Gasteiger partial charge in [-0.05, 0) is 57.2 Å². The summed E-state index contributed by atoms with van der Waals surface area (Å²) in [7, 11) is 0. The number of hydrogen-bond acceptors (Lipinski definition) is 2. The molecule has 2 nitrogen and oxygen atoms in total. The van der Waals surface area contributed by atoms with E-state index in [2.05, 4.69) is 10.2 Å². The van der Waals surface area contributed by atoms with Crippen molar-refractivity contribution in [3.63, 3.8) is 0 Å². The van der Waals surface area contributed by atoms with Crippen molar-refractivity contribution in [2.24, 2.45) is 11.8 Å². The fourth-order valence-electron chi connectivity index (χ4n) is 2.84. The number of piperidine rings is 3. The fourth-order valence-corrected chi connectivity index (χ4v) is 2.84. The van der Waals surface area contributed by atoms with E-state index >= 15 is 0 Å². The molecule has 4 fully saturated rings. The van der Waals surface area contributed by atoms with E-state index in [4.69, 9.17) is 0 Å². The number of nitrogens with one attached hydrogen (secondary N) is 1. The summed E-state index contributed by atoms with van der Waals surface area (Å²) in [5.41, 5.74) is 0. The summed E-state index contributed by atoms with van der Waals surface area (Å²) in [5.74, 6) is 2.04.